The number of sulfone groups is 1. The molecule has 4 nitrogen and oxygen atoms in total. The monoisotopic (exact) mass is 351 g/mol. The Morgan fingerprint density at radius 2 is 1.83 bits per heavy atom. The lowest BCUT2D eigenvalue weighted by Gasteiger charge is -2.12. The van der Waals surface area contributed by atoms with Gasteiger partial charge in [-0.05, 0) is 43.7 Å². The maximum absolute atomic E-state index is 11.5. The van der Waals surface area contributed by atoms with Crippen molar-refractivity contribution in [3.63, 3.8) is 0 Å². The highest BCUT2D eigenvalue weighted by Gasteiger charge is 2.11. The van der Waals surface area contributed by atoms with Crippen LogP contribution in [0, 0.1) is 0 Å². The summed E-state index contributed by atoms with van der Waals surface area (Å²) in [6.07, 6.45) is 6.05. The number of aromatic nitrogens is 1. The van der Waals surface area contributed by atoms with Gasteiger partial charge < -0.3 is 5.11 Å². The Bertz CT molecular complexity index is 835. The van der Waals surface area contributed by atoms with E-state index in [0.29, 0.717) is 10.7 Å². The van der Waals surface area contributed by atoms with Crippen LogP contribution < -0.4 is 0 Å². The molecule has 0 atom stereocenters. The number of benzene rings is 1. The third kappa shape index (κ3) is 4.89. The van der Waals surface area contributed by atoms with Crippen LogP contribution in [0.2, 0.25) is 5.02 Å². The molecule has 0 fully saturated rings. The van der Waals surface area contributed by atoms with Gasteiger partial charge in [-0.25, -0.2) is 8.42 Å². The van der Waals surface area contributed by atoms with Crippen molar-refractivity contribution < 1.29 is 13.5 Å². The quantitative estimate of drug-likeness (QED) is 0.914. The number of halogens is 1. The second-order valence-electron chi connectivity index (χ2n) is 5.87. The lowest BCUT2D eigenvalue weighted by atomic mass is 10.0. The number of rotatable bonds is 4. The molecule has 0 spiro atoms. The fourth-order valence-electron chi connectivity index (χ4n) is 1.98. The van der Waals surface area contributed by atoms with E-state index < -0.39 is 15.4 Å². The Morgan fingerprint density at radius 1 is 1.22 bits per heavy atom. The van der Waals surface area contributed by atoms with E-state index in [4.69, 9.17) is 11.6 Å². The zero-order valence-corrected chi connectivity index (χ0v) is 14.7. The maximum Gasteiger partial charge on any atom is 0.175 e. The van der Waals surface area contributed by atoms with Crippen LogP contribution in [-0.2, 0) is 9.84 Å². The zero-order chi connectivity index (χ0) is 17.3. The van der Waals surface area contributed by atoms with Crippen LogP contribution in [0.25, 0.3) is 17.2 Å². The minimum absolute atomic E-state index is 0.254. The van der Waals surface area contributed by atoms with Gasteiger partial charge in [0.25, 0.3) is 0 Å². The Labute approximate surface area is 141 Å². The van der Waals surface area contributed by atoms with Crippen molar-refractivity contribution in [2.75, 3.05) is 6.26 Å². The van der Waals surface area contributed by atoms with Gasteiger partial charge in [0.05, 0.1) is 21.2 Å². The Kier molecular flexibility index (Phi) is 4.94. The molecule has 2 aromatic rings. The molecule has 0 bridgehead atoms. The first-order valence-corrected chi connectivity index (χ1v) is 9.21. The van der Waals surface area contributed by atoms with Crippen LogP contribution >= 0.6 is 11.6 Å². The number of hydrogen-bond acceptors (Lipinski definition) is 4. The van der Waals surface area contributed by atoms with Gasteiger partial charge in [-0.3, -0.25) is 4.98 Å². The fraction of sp³-hybridized carbons (Fsp3) is 0.235. The highest BCUT2D eigenvalue weighted by Crippen LogP contribution is 2.28. The van der Waals surface area contributed by atoms with Crippen LogP contribution in [0.3, 0.4) is 0 Å². The molecular formula is C17H18ClNO3S. The first-order chi connectivity index (χ1) is 10.6. The average Bonchev–Trinajstić information content (AvgIpc) is 2.44. The second kappa shape index (κ2) is 6.43. The topological polar surface area (TPSA) is 67.3 Å². The van der Waals surface area contributed by atoms with Gasteiger partial charge in [0, 0.05) is 18.0 Å². The Morgan fingerprint density at radius 3 is 2.35 bits per heavy atom. The minimum Gasteiger partial charge on any atom is -0.386 e. The van der Waals surface area contributed by atoms with E-state index >= 15 is 0 Å². The molecule has 0 radical (unpaired) electrons. The molecule has 0 amide bonds. The smallest absolute Gasteiger partial charge is 0.175 e. The second-order valence-corrected chi connectivity index (χ2v) is 8.32. The largest absolute Gasteiger partial charge is 0.386 e. The first-order valence-electron chi connectivity index (χ1n) is 6.94. The van der Waals surface area contributed by atoms with Crippen molar-refractivity contribution in [3.8, 4) is 11.1 Å². The molecule has 0 aliphatic rings. The Hall–Kier alpha value is -1.69. The van der Waals surface area contributed by atoms with Crippen LogP contribution in [0.4, 0.5) is 0 Å². The highest BCUT2D eigenvalue weighted by atomic mass is 35.5. The van der Waals surface area contributed by atoms with Crippen molar-refractivity contribution in [1.29, 1.82) is 0 Å². The molecule has 1 heterocycles. The van der Waals surface area contributed by atoms with E-state index in [1.807, 2.05) is 0 Å². The summed E-state index contributed by atoms with van der Waals surface area (Å²) in [5.74, 6) is 0. The van der Waals surface area contributed by atoms with Crippen molar-refractivity contribution in [2.24, 2.45) is 0 Å². The first kappa shape index (κ1) is 17.7. The predicted octanol–water partition coefficient (Wildman–Crippen LogP) is 3.59. The average molecular weight is 352 g/mol. The molecule has 0 saturated carbocycles. The summed E-state index contributed by atoms with van der Waals surface area (Å²) in [5, 5.41) is 10.3. The van der Waals surface area contributed by atoms with E-state index in [9.17, 15) is 13.5 Å². The molecule has 2 rings (SSSR count). The summed E-state index contributed by atoms with van der Waals surface area (Å²) < 4.78 is 23.1. The number of nitrogens with zero attached hydrogens (tertiary/aromatic N) is 1. The summed E-state index contributed by atoms with van der Waals surface area (Å²) in [7, 11) is -3.24. The summed E-state index contributed by atoms with van der Waals surface area (Å²) in [5.41, 5.74) is 1.24. The normalized spacial score (nSPS) is 12.7. The lowest BCUT2D eigenvalue weighted by molar-refractivity contribution is 0.134. The summed E-state index contributed by atoms with van der Waals surface area (Å²) in [6.45, 7) is 3.33. The van der Waals surface area contributed by atoms with Crippen LogP contribution in [0.1, 0.15) is 19.5 Å². The van der Waals surface area contributed by atoms with Crippen molar-refractivity contribution >= 4 is 27.5 Å². The predicted molar refractivity (Wildman–Crippen MR) is 93.1 cm³/mol. The van der Waals surface area contributed by atoms with E-state index in [0.717, 1.165) is 11.1 Å². The molecular weight excluding hydrogens is 334 g/mol. The van der Waals surface area contributed by atoms with Gasteiger partial charge in [0.2, 0.25) is 0 Å². The van der Waals surface area contributed by atoms with Crippen LogP contribution in [0.15, 0.2) is 47.5 Å². The van der Waals surface area contributed by atoms with E-state index in [1.54, 1.807) is 56.3 Å². The van der Waals surface area contributed by atoms with Crippen molar-refractivity contribution in [3.05, 3.63) is 53.3 Å². The standard InChI is InChI=1S/C17H18ClNO3S/c1-17(2,20)9-8-16-15(10-13(18)11-19-16)12-4-6-14(7-5-12)23(3,21)22/h4-11,20H,1-3H3/b9-8-. The molecule has 0 aliphatic heterocycles. The molecule has 0 aliphatic carbocycles. The fourth-order valence-corrected chi connectivity index (χ4v) is 2.77. The zero-order valence-electron chi connectivity index (χ0n) is 13.1. The van der Waals surface area contributed by atoms with Crippen molar-refractivity contribution in [1.82, 2.24) is 4.98 Å². The van der Waals surface area contributed by atoms with Crippen LogP contribution in [0.5, 0.6) is 0 Å². The summed E-state index contributed by atoms with van der Waals surface area (Å²) in [4.78, 5) is 4.54. The van der Waals surface area contributed by atoms with Gasteiger partial charge in [-0.15, -0.1) is 0 Å². The van der Waals surface area contributed by atoms with E-state index in [-0.39, 0.29) is 4.90 Å². The summed E-state index contributed by atoms with van der Waals surface area (Å²) >= 11 is 6.03. The molecule has 1 aromatic heterocycles. The highest BCUT2D eigenvalue weighted by molar-refractivity contribution is 7.90. The Balaban J connectivity index is 2.50. The third-order valence-corrected chi connectivity index (χ3v) is 4.46. The van der Waals surface area contributed by atoms with Crippen molar-refractivity contribution in [2.45, 2.75) is 24.3 Å². The van der Waals surface area contributed by atoms with Gasteiger partial charge in [0.1, 0.15) is 0 Å². The van der Waals surface area contributed by atoms with Gasteiger partial charge in [-0.1, -0.05) is 29.8 Å². The molecule has 122 valence electrons. The molecule has 1 N–H and O–H groups in total. The number of aliphatic hydroxyl groups is 1. The molecule has 0 saturated heterocycles. The van der Waals surface area contributed by atoms with E-state index in [1.165, 1.54) is 12.5 Å². The SMILES string of the molecule is CC(C)(O)/C=C\c1ncc(Cl)cc1-c1ccc(S(C)(=O)=O)cc1. The summed E-state index contributed by atoms with van der Waals surface area (Å²) in [6, 6.07) is 8.29. The van der Waals surface area contributed by atoms with Gasteiger partial charge in [-0.2, -0.15) is 0 Å². The van der Waals surface area contributed by atoms with E-state index in [2.05, 4.69) is 4.98 Å². The number of pyridine rings is 1. The molecule has 1 aromatic carbocycles. The van der Waals surface area contributed by atoms with Crippen LogP contribution in [-0.4, -0.2) is 30.4 Å². The molecule has 0 unspecified atom stereocenters. The lowest BCUT2D eigenvalue weighted by Crippen LogP contribution is -2.13. The number of hydrogen-bond donors (Lipinski definition) is 1. The molecule has 6 heteroatoms. The minimum atomic E-state index is -3.24. The molecule has 23 heavy (non-hydrogen) atoms. The van der Waals surface area contributed by atoms with Gasteiger partial charge >= 0.3 is 0 Å². The van der Waals surface area contributed by atoms with Gasteiger partial charge in [0.15, 0.2) is 9.84 Å². The maximum atomic E-state index is 11.5. The third-order valence-electron chi connectivity index (χ3n) is 3.13.